The maximum Gasteiger partial charge on any atom is 0.472 e. The van der Waals surface area contributed by atoms with Gasteiger partial charge in [0.1, 0.15) is 19.3 Å². The molecule has 0 rings (SSSR count). The van der Waals surface area contributed by atoms with Crippen molar-refractivity contribution in [2.45, 2.75) is 374 Å². The Morgan fingerprint density at radius 2 is 0.523 bits per heavy atom. The molecule has 88 heavy (non-hydrogen) atoms. The Labute approximate surface area is 537 Å². The lowest BCUT2D eigenvalue weighted by Gasteiger charge is -2.21. The molecule has 0 aliphatic carbocycles. The van der Waals surface area contributed by atoms with E-state index in [0.717, 1.165) is 96.3 Å². The molecule has 17 nitrogen and oxygen atoms in total. The van der Waals surface area contributed by atoms with Gasteiger partial charge in [0.25, 0.3) is 0 Å². The van der Waals surface area contributed by atoms with Crippen molar-refractivity contribution < 1.29 is 80.2 Å². The highest BCUT2D eigenvalue weighted by Gasteiger charge is 2.30. The van der Waals surface area contributed by atoms with Crippen molar-refractivity contribution in [2.24, 2.45) is 5.92 Å². The number of carbonyl (C=O) groups excluding carboxylic acids is 4. The average Bonchev–Trinajstić information content (AvgIpc) is 3.70. The topological polar surface area (TPSA) is 237 Å². The van der Waals surface area contributed by atoms with Crippen LogP contribution in [0.1, 0.15) is 356 Å². The van der Waals surface area contributed by atoms with Crippen molar-refractivity contribution >= 4 is 39.5 Å². The number of unbranched alkanes of at least 4 members (excludes halogenated alkanes) is 41. The Morgan fingerprint density at radius 1 is 0.307 bits per heavy atom. The number of hydrogen-bond acceptors (Lipinski definition) is 15. The molecular formula is C69H134O17P2. The maximum absolute atomic E-state index is 13.0. The predicted molar refractivity (Wildman–Crippen MR) is 354 cm³/mol. The molecule has 5 atom stereocenters. The van der Waals surface area contributed by atoms with E-state index in [4.69, 9.17) is 37.0 Å². The van der Waals surface area contributed by atoms with Gasteiger partial charge in [-0.1, -0.05) is 304 Å². The van der Waals surface area contributed by atoms with Crippen LogP contribution in [0.4, 0.5) is 0 Å². The number of esters is 4. The summed E-state index contributed by atoms with van der Waals surface area (Å²) in [6.45, 7) is 7.12. The molecule has 0 aromatic heterocycles. The minimum Gasteiger partial charge on any atom is -0.462 e. The summed E-state index contributed by atoms with van der Waals surface area (Å²) in [5, 5.41) is 10.6. The van der Waals surface area contributed by atoms with Gasteiger partial charge in [0.15, 0.2) is 12.2 Å². The molecule has 0 aliphatic rings. The summed E-state index contributed by atoms with van der Waals surface area (Å²) < 4.78 is 68.1. The minimum atomic E-state index is -4.95. The lowest BCUT2D eigenvalue weighted by molar-refractivity contribution is -0.161. The molecule has 0 bridgehead atoms. The van der Waals surface area contributed by atoms with Gasteiger partial charge in [-0.05, 0) is 31.6 Å². The van der Waals surface area contributed by atoms with Crippen LogP contribution in [0.25, 0.3) is 0 Å². The zero-order chi connectivity index (χ0) is 64.9. The number of phosphoric ester groups is 2. The average molecular weight is 1300 g/mol. The third kappa shape index (κ3) is 62.8. The monoisotopic (exact) mass is 1300 g/mol. The minimum absolute atomic E-state index is 0.102. The van der Waals surface area contributed by atoms with Gasteiger partial charge in [0.2, 0.25) is 0 Å². The summed E-state index contributed by atoms with van der Waals surface area (Å²) in [5.41, 5.74) is 0. The fourth-order valence-corrected chi connectivity index (χ4v) is 12.0. The van der Waals surface area contributed by atoms with E-state index in [9.17, 15) is 43.2 Å². The third-order valence-electron chi connectivity index (χ3n) is 16.0. The molecule has 0 fully saturated rings. The summed E-state index contributed by atoms with van der Waals surface area (Å²) in [5.74, 6) is -1.46. The molecule has 0 aromatic rings. The molecule has 0 radical (unpaired) electrons. The molecule has 0 aromatic carbocycles. The predicted octanol–water partition coefficient (Wildman–Crippen LogP) is 19.7. The number of carbonyl (C=O) groups is 4. The number of ether oxygens (including phenoxy) is 4. The second-order valence-corrected chi connectivity index (χ2v) is 28.3. The van der Waals surface area contributed by atoms with Gasteiger partial charge in [0, 0.05) is 25.7 Å². The number of rotatable bonds is 69. The Balaban J connectivity index is 5.20. The van der Waals surface area contributed by atoms with E-state index >= 15 is 0 Å². The zero-order valence-electron chi connectivity index (χ0n) is 56.9. The first kappa shape index (κ1) is 86.1. The van der Waals surface area contributed by atoms with Gasteiger partial charge < -0.3 is 33.8 Å². The van der Waals surface area contributed by atoms with Gasteiger partial charge in [-0.15, -0.1) is 0 Å². The molecule has 0 heterocycles. The lowest BCUT2D eigenvalue weighted by Crippen LogP contribution is -2.30. The van der Waals surface area contributed by atoms with Crippen molar-refractivity contribution in [3.8, 4) is 0 Å². The summed E-state index contributed by atoms with van der Waals surface area (Å²) >= 11 is 0. The highest BCUT2D eigenvalue weighted by molar-refractivity contribution is 7.47. The van der Waals surface area contributed by atoms with Crippen LogP contribution in [0.5, 0.6) is 0 Å². The molecule has 0 amide bonds. The Kier molecular flexibility index (Phi) is 61.1. The van der Waals surface area contributed by atoms with Gasteiger partial charge in [0.05, 0.1) is 26.4 Å². The van der Waals surface area contributed by atoms with E-state index in [1.165, 1.54) is 173 Å². The van der Waals surface area contributed by atoms with E-state index in [0.29, 0.717) is 31.6 Å². The SMILES string of the molecule is CCCCCCCCCCCCCCCCCCC(=O)O[C@H](COC(=O)CCCCCCCCCCCCCCCCC)COP(=O)(O)OC[C@@H](O)COP(=O)(O)OC[C@@H](COC(=O)CCCCCCCCCC)OC(=O)CCCCCCCCC(C)C. The highest BCUT2D eigenvalue weighted by Crippen LogP contribution is 2.45. The molecule has 522 valence electrons. The van der Waals surface area contributed by atoms with Crippen LogP contribution < -0.4 is 0 Å². The Morgan fingerprint density at radius 3 is 0.773 bits per heavy atom. The molecule has 0 saturated heterocycles. The molecule has 19 heteroatoms. The first-order valence-electron chi connectivity index (χ1n) is 36.1. The van der Waals surface area contributed by atoms with Crippen molar-refractivity contribution in [3.63, 3.8) is 0 Å². The van der Waals surface area contributed by atoms with E-state index in [-0.39, 0.29) is 25.7 Å². The Bertz CT molecular complexity index is 1700. The first-order chi connectivity index (χ1) is 42.5. The van der Waals surface area contributed by atoms with Crippen molar-refractivity contribution in [2.75, 3.05) is 39.6 Å². The van der Waals surface area contributed by atoms with E-state index in [1.807, 2.05) is 0 Å². The van der Waals surface area contributed by atoms with Crippen LogP contribution in [0.2, 0.25) is 0 Å². The van der Waals surface area contributed by atoms with Crippen LogP contribution in [-0.4, -0.2) is 96.7 Å². The molecule has 3 N–H and O–H groups in total. The van der Waals surface area contributed by atoms with Crippen LogP contribution >= 0.6 is 15.6 Å². The van der Waals surface area contributed by atoms with Crippen molar-refractivity contribution in [1.29, 1.82) is 0 Å². The quantitative estimate of drug-likeness (QED) is 0.0222. The van der Waals surface area contributed by atoms with Crippen LogP contribution in [0.3, 0.4) is 0 Å². The fraction of sp³-hybridized carbons (Fsp3) is 0.942. The second-order valence-electron chi connectivity index (χ2n) is 25.4. The van der Waals surface area contributed by atoms with Crippen molar-refractivity contribution in [1.82, 2.24) is 0 Å². The number of aliphatic hydroxyl groups excluding tert-OH is 1. The van der Waals surface area contributed by atoms with E-state index in [2.05, 4.69) is 34.6 Å². The summed E-state index contributed by atoms with van der Waals surface area (Å²) in [7, 11) is -9.89. The van der Waals surface area contributed by atoms with Gasteiger partial charge in [-0.3, -0.25) is 37.3 Å². The Hall–Kier alpha value is -1.94. The summed E-state index contributed by atoms with van der Waals surface area (Å²) in [4.78, 5) is 72.4. The molecule has 0 spiro atoms. The fourth-order valence-electron chi connectivity index (χ4n) is 10.5. The smallest absolute Gasteiger partial charge is 0.462 e. The number of hydrogen-bond donors (Lipinski definition) is 3. The maximum atomic E-state index is 13.0. The standard InChI is InChI=1S/C69H134O17P2/c1-6-9-12-15-18-21-23-25-27-29-31-33-35-38-44-49-54-68(73)85-64(58-80-67(72)53-48-43-37-34-32-30-28-26-24-22-19-16-13-10-7-2)60-83-87(75,76)81-56-63(70)57-82-88(77,78)84-61-65(59-79-66(71)52-47-42-36-20-17-14-11-8-3)86-69(74)55-50-45-40-39-41-46-51-62(4)5/h62-65,70H,6-61H2,1-5H3,(H,75,76)(H,77,78)/t63-,64-,65-/m1/s1. The van der Waals surface area contributed by atoms with Crippen LogP contribution in [0.15, 0.2) is 0 Å². The largest absolute Gasteiger partial charge is 0.472 e. The van der Waals surface area contributed by atoms with Gasteiger partial charge in [-0.2, -0.15) is 0 Å². The second kappa shape index (κ2) is 62.5. The first-order valence-corrected chi connectivity index (χ1v) is 39.1. The van der Waals surface area contributed by atoms with Gasteiger partial charge in [-0.25, -0.2) is 9.13 Å². The van der Waals surface area contributed by atoms with Crippen LogP contribution in [-0.2, 0) is 65.4 Å². The van der Waals surface area contributed by atoms with Gasteiger partial charge >= 0.3 is 39.5 Å². The van der Waals surface area contributed by atoms with Crippen molar-refractivity contribution in [3.05, 3.63) is 0 Å². The molecule has 0 saturated carbocycles. The zero-order valence-corrected chi connectivity index (χ0v) is 58.6. The lowest BCUT2D eigenvalue weighted by atomic mass is 10.0. The summed E-state index contributed by atoms with van der Waals surface area (Å²) in [6.07, 6.45) is 48.8. The van der Waals surface area contributed by atoms with E-state index < -0.39 is 97.5 Å². The third-order valence-corrected chi connectivity index (χ3v) is 17.9. The molecule has 0 aliphatic heterocycles. The number of aliphatic hydroxyl groups is 1. The van der Waals surface area contributed by atoms with Crippen LogP contribution in [0, 0.1) is 5.92 Å². The van der Waals surface area contributed by atoms with E-state index in [1.54, 1.807) is 0 Å². The molecule has 2 unspecified atom stereocenters. The highest BCUT2D eigenvalue weighted by atomic mass is 31.2. The normalized spacial score (nSPS) is 14.1. The summed E-state index contributed by atoms with van der Waals surface area (Å²) in [6, 6.07) is 0. The number of phosphoric acid groups is 2. The molecular weight excluding hydrogens is 1160 g/mol.